The van der Waals surface area contributed by atoms with Crippen LogP contribution >= 0.6 is 0 Å². The molecule has 0 saturated carbocycles. The highest BCUT2D eigenvalue weighted by atomic mass is 32.2. The summed E-state index contributed by atoms with van der Waals surface area (Å²) < 4.78 is 48.8. The van der Waals surface area contributed by atoms with Crippen molar-refractivity contribution in [3.05, 3.63) is 29.8 Å². The first-order chi connectivity index (χ1) is 8.86. The number of halogens is 2. The lowest BCUT2D eigenvalue weighted by Gasteiger charge is -2.24. The molecule has 0 fully saturated rings. The van der Waals surface area contributed by atoms with Crippen LogP contribution in [0.25, 0.3) is 0 Å². The first-order valence-electron chi connectivity index (χ1n) is 6.14. The van der Waals surface area contributed by atoms with Crippen molar-refractivity contribution < 1.29 is 17.2 Å². The molecule has 0 aliphatic heterocycles. The Labute approximate surface area is 112 Å². The van der Waals surface area contributed by atoms with Gasteiger partial charge < -0.3 is 5.32 Å². The minimum absolute atomic E-state index is 0.0361. The average Bonchev–Trinajstić information content (AvgIpc) is 2.39. The predicted molar refractivity (Wildman–Crippen MR) is 71.2 cm³/mol. The Morgan fingerprint density at radius 1 is 1.26 bits per heavy atom. The van der Waals surface area contributed by atoms with Crippen LogP contribution in [0.1, 0.15) is 31.7 Å². The summed E-state index contributed by atoms with van der Waals surface area (Å²) in [5, 5.41) is 3.08. The van der Waals surface area contributed by atoms with Crippen LogP contribution in [0.3, 0.4) is 0 Å². The third kappa shape index (κ3) is 3.30. The fourth-order valence-corrected chi connectivity index (χ4v) is 3.28. The summed E-state index contributed by atoms with van der Waals surface area (Å²) in [4.78, 5) is -0.272. The Hall–Kier alpha value is -1.01. The molecule has 1 aromatic carbocycles. The Kier molecular flexibility index (Phi) is 5.43. The number of benzene rings is 1. The van der Waals surface area contributed by atoms with Crippen molar-refractivity contribution in [2.45, 2.75) is 42.9 Å². The molecule has 0 aliphatic carbocycles. The van der Waals surface area contributed by atoms with Crippen LogP contribution in [0, 0.1) is 0 Å². The molecule has 0 saturated heterocycles. The van der Waals surface area contributed by atoms with E-state index in [-0.39, 0.29) is 16.9 Å². The van der Waals surface area contributed by atoms with Gasteiger partial charge in [0.1, 0.15) is 0 Å². The lowest BCUT2D eigenvalue weighted by Crippen LogP contribution is -2.31. The van der Waals surface area contributed by atoms with Gasteiger partial charge in [0.2, 0.25) is 9.84 Å². The molecule has 0 aliphatic rings. The largest absolute Gasteiger partial charge is 0.341 e. The lowest BCUT2D eigenvalue weighted by atomic mass is 9.92. The van der Waals surface area contributed by atoms with E-state index < -0.39 is 15.6 Å². The number of likely N-dealkylation sites (N-methyl/N-ethyl adjacent to an activating group) is 1. The molecule has 1 rings (SSSR count). The lowest BCUT2D eigenvalue weighted by molar-refractivity contribution is 0.234. The van der Waals surface area contributed by atoms with Crippen molar-refractivity contribution in [2.75, 3.05) is 7.05 Å². The van der Waals surface area contributed by atoms with Crippen LogP contribution in [0.2, 0.25) is 0 Å². The number of hydrogen-bond acceptors (Lipinski definition) is 3. The van der Waals surface area contributed by atoms with Gasteiger partial charge in [-0.3, -0.25) is 0 Å². The first kappa shape index (κ1) is 16.0. The number of alkyl halides is 2. The zero-order chi connectivity index (χ0) is 14.6. The monoisotopic (exact) mass is 291 g/mol. The molecule has 0 spiro atoms. The molecule has 6 heteroatoms. The predicted octanol–water partition coefficient (Wildman–Crippen LogP) is 2.78. The summed E-state index contributed by atoms with van der Waals surface area (Å²) in [7, 11) is -2.79. The van der Waals surface area contributed by atoms with E-state index in [1.54, 1.807) is 19.2 Å². The maximum absolute atomic E-state index is 12.7. The zero-order valence-corrected chi connectivity index (χ0v) is 12.0. The Balaban J connectivity index is 3.31. The summed E-state index contributed by atoms with van der Waals surface area (Å²) >= 11 is 0. The van der Waals surface area contributed by atoms with E-state index in [4.69, 9.17) is 0 Å². The van der Waals surface area contributed by atoms with Crippen LogP contribution in [-0.4, -0.2) is 27.3 Å². The fourth-order valence-electron chi connectivity index (χ4n) is 2.24. The molecule has 3 nitrogen and oxygen atoms in total. The molecule has 0 aromatic heterocycles. The zero-order valence-electron chi connectivity index (χ0n) is 11.2. The molecule has 0 amide bonds. The van der Waals surface area contributed by atoms with E-state index in [1.165, 1.54) is 12.1 Å². The van der Waals surface area contributed by atoms with Crippen molar-refractivity contribution in [1.29, 1.82) is 0 Å². The van der Waals surface area contributed by atoms with Gasteiger partial charge in [-0.15, -0.1) is 0 Å². The third-order valence-corrected chi connectivity index (χ3v) is 4.82. The highest BCUT2D eigenvalue weighted by Gasteiger charge is 2.31. The normalized spacial score (nSPS) is 15.5. The summed E-state index contributed by atoms with van der Waals surface area (Å²) in [5.41, 5.74) is 0.434. The van der Waals surface area contributed by atoms with E-state index in [1.807, 2.05) is 13.8 Å². The molecule has 1 aromatic rings. The van der Waals surface area contributed by atoms with Crippen LogP contribution in [0.4, 0.5) is 8.78 Å². The van der Waals surface area contributed by atoms with E-state index in [9.17, 15) is 17.2 Å². The Morgan fingerprint density at radius 3 is 2.32 bits per heavy atom. The third-order valence-electron chi connectivity index (χ3n) is 3.36. The molecular formula is C13H19F2NO2S. The van der Waals surface area contributed by atoms with Gasteiger partial charge in [0.15, 0.2) is 0 Å². The number of sulfone groups is 1. The molecule has 0 radical (unpaired) electrons. The molecule has 0 heterocycles. The van der Waals surface area contributed by atoms with Crippen molar-refractivity contribution >= 4 is 9.84 Å². The number of nitrogens with one attached hydrogen (secondary N) is 1. The molecule has 1 N–H and O–H groups in total. The van der Waals surface area contributed by atoms with E-state index >= 15 is 0 Å². The van der Waals surface area contributed by atoms with Crippen LogP contribution in [-0.2, 0) is 9.84 Å². The number of hydrogen-bond donors (Lipinski definition) is 1. The minimum atomic E-state index is -4.56. The van der Waals surface area contributed by atoms with Crippen molar-refractivity contribution in [3.63, 3.8) is 0 Å². The smallest absolute Gasteiger partial charge is 0.316 e. The second kappa shape index (κ2) is 6.43. The van der Waals surface area contributed by atoms with Crippen LogP contribution < -0.4 is 5.32 Å². The first-order valence-corrected chi connectivity index (χ1v) is 7.69. The van der Waals surface area contributed by atoms with Crippen LogP contribution in [0.5, 0.6) is 0 Å². The van der Waals surface area contributed by atoms with Crippen molar-refractivity contribution in [3.8, 4) is 0 Å². The van der Waals surface area contributed by atoms with Gasteiger partial charge in [-0.05, 0) is 31.0 Å². The summed E-state index contributed by atoms with van der Waals surface area (Å²) in [6, 6.07) is 6.01. The molecule has 108 valence electrons. The Morgan fingerprint density at radius 2 is 1.84 bits per heavy atom. The average molecular weight is 291 g/mol. The van der Waals surface area contributed by atoms with Gasteiger partial charge in [0.25, 0.3) is 0 Å². The second-order valence-corrected chi connectivity index (χ2v) is 6.32. The quantitative estimate of drug-likeness (QED) is 0.876. The second-order valence-electron chi connectivity index (χ2n) is 4.44. The van der Waals surface area contributed by atoms with Gasteiger partial charge in [-0.1, -0.05) is 32.0 Å². The van der Waals surface area contributed by atoms with Crippen molar-refractivity contribution in [2.24, 2.45) is 0 Å². The Bertz CT molecular complexity index is 513. The van der Waals surface area contributed by atoms with Gasteiger partial charge in [-0.2, -0.15) is 8.78 Å². The SMILES string of the molecule is CCC(NC)C(C)c1ccccc1S(=O)(=O)C(F)F. The van der Waals surface area contributed by atoms with Gasteiger partial charge >= 0.3 is 5.76 Å². The molecular weight excluding hydrogens is 272 g/mol. The summed E-state index contributed by atoms with van der Waals surface area (Å²) in [6.45, 7) is 3.80. The highest BCUT2D eigenvalue weighted by molar-refractivity contribution is 7.91. The molecule has 2 unspecified atom stereocenters. The minimum Gasteiger partial charge on any atom is -0.316 e. The molecule has 0 bridgehead atoms. The maximum Gasteiger partial charge on any atom is 0.341 e. The van der Waals surface area contributed by atoms with Crippen LogP contribution in [0.15, 0.2) is 29.2 Å². The standard InChI is InChI=1S/C13H19F2NO2S/c1-4-11(16-3)9(2)10-7-5-6-8-12(10)19(17,18)13(14)15/h5-9,11,13,16H,4H2,1-3H3. The maximum atomic E-state index is 12.7. The van der Waals surface area contributed by atoms with Gasteiger partial charge in [-0.25, -0.2) is 8.42 Å². The van der Waals surface area contributed by atoms with E-state index in [2.05, 4.69) is 5.32 Å². The van der Waals surface area contributed by atoms with Crippen molar-refractivity contribution in [1.82, 2.24) is 5.32 Å². The van der Waals surface area contributed by atoms with E-state index in [0.717, 1.165) is 6.42 Å². The van der Waals surface area contributed by atoms with E-state index in [0.29, 0.717) is 5.56 Å². The molecule has 2 atom stereocenters. The van der Waals surface area contributed by atoms with Gasteiger partial charge in [0.05, 0.1) is 4.90 Å². The number of rotatable bonds is 6. The highest BCUT2D eigenvalue weighted by Crippen LogP contribution is 2.30. The molecule has 19 heavy (non-hydrogen) atoms. The summed E-state index contributed by atoms with van der Waals surface area (Å²) in [5.74, 6) is -3.56. The summed E-state index contributed by atoms with van der Waals surface area (Å²) in [6.07, 6.45) is 0.778. The fraction of sp³-hybridized carbons (Fsp3) is 0.538. The van der Waals surface area contributed by atoms with Gasteiger partial charge in [0, 0.05) is 6.04 Å². The topological polar surface area (TPSA) is 46.2 Å².